The van der Waals surface area contributed by atoms with Crippen LogP contribution in [0, 0.1) is 0 Å². The van der Waals surface area contributed by atoms with Crippen molar-refractivity contribution < 1.29 is 69.5 Å². The monoisotopic (exact) mass is 388 g/mol. The molecule has 0 aromatic carbocycles. The molecule has 0 spiro atoms. The molecule has 0 aliphatic heterocycles. The molecule has 0 aromatic rings. The number of aliphatic hydroxyl groups is 1. The van der Waals surface area contributed by atoms with Gasteiger partial charge >= 0.3 is 51.4 Å². The summed E-state index contributed by atoms with van der Waals surface area (Å²) in [5.41, 5.74) is 0. The first-order chi connectivity index (χ1) is 10.9. The van der Waals surface area contributed by atoms with Crippen molar-refractivity contribution in [3.05, 3.63) is 0 Å². The summed E-state index contributed by atoms with van der Waals surface area (Å²) < 4.78 is 33.0. The number of unbranched alkanes of at least 4 members (excludes halogenated alkanes) is 12. The van der Waals surface area contributed by atoms with E-state index in [4.69, 9.17) is 0 Å². The molecule has 6 heteroatoms. The van der Waals surface area contributed by atoms with Crippen LogP contribution >= 0.6 is 0 Å². The molecule has 0 saturated heterocycles. The van der Waals surface area contributed by atoms with Crippen LogP contribution in [-0.2, 0) is 10.1 Å². The summed E-state index contributed by atoms with van der Waals surface area (Å²) in [4.78, 5) is 0. The standard InChI is InChI=1S/C18H38O4S.K/c1-3-4-5-6-7-8-9-10-11-12-13-14-15-16-18(17(2)19)23(20,21)22;/h17-19H,3-16H2,1-2H3,(H,20,21,22);/q;+1/p-1. The molecule has 0 aromatic heterocycles. The Morgan fingerprint density at radius 3 is 1.42 bits per heavy atom. The smallest absolute Gasteiger partial charge is 0.748 e. The van der Waals surface area contributed by atoms with Crippen LogP contribution in [0.4, 0.5) is 0 Å². The van der Waals surface area contributed by atoms with Gasteiger partial charge in [-0.2, -0.15) is 0 Å². The molecule has 0 amide bonds. The van der Waals surface area contributed by atoms with Crippen LogP contribution in [0.3, 0.4) is 0 Å². The van der Waals surface area contributed by atoms with Gasteiger partial charge in [0.05, 0.1) is 11.4 Å². The summed E-state index contributed by atoms with van der Waals surface area (Å²) in [6, 6.07) is 0. The predicted octanol–water partition coefficient (Wildman–Crippen LogP) is 1.77. The molecule has 0 fully saturated rings. The van der Waals surface area contributed by atoms with Crippen LogP contribution in [-0.4, -0.2) is 29.4 Å². The molecule has 2 atom stereocenters. The molecule has 140 valence electrons. The fourth-order valence-corrected chi connectivity index (χ4v) is 3.93. The summed E-state index contributed by atoms with van der Waals surface area (Å²) in [7, 11) is -4.38. The van der Waals surface area contributed by atoms with E-state index in [0.29, 0.717) is 6.42 Å². The molecule has 24 heavy (non-hydrogen) atoms. The Morgan fingerprint density at radius 2 is 1.12 bits per heavy atom. The zero-order valence-electron chi connectivity index (χ0n) is 16.1. The Bertz CT molecular complexity index is 358. The van der Waals surface area contributed by atoms with E-state index >= 15 is 0 Å². The number of hydrogen-bond donors (Lipinski definition) is 1. The molecule has 0 heterocycles. The summed E-state index contributed by atoms with van der Waals surface area (Å²) in [6.07, 6.45) is 15.1. The summed E-state index contributed by atoms with van der Waals surface area (Å²) in [5, 5.41) is 8.22. The zero-order valence-corrected chi connectivity index (χ0v) is 20.1. The maximum atomic E-state index is 11.0. The molecule has 0 bridgehead atoms. The van der Waals surface area contributed by atoms with Crippen molar-refractivity contribution in [3.63, 3.8) is 0 Å². The van der Waals surface area contributed by atoms with Crippen LogP contribution in [0.15, 0.2) is 0 Å². The van der Waals surface area contributed by atoms with Crippen molar-refractivity contribution in [1.82, 2.24) is 0 Å². The molecule has 1 N–H and O–H groups in total. The minimum atomic E-state index is -4.38. The van der Waals surface area contributed by atoms with E-state index in [-0.39, 0.29) is 57.8 Å². The van der Waals surface area contributed by atoms with E-state index in [0.717, 1.165) is 12.8 Å². The Balaban J connectivity index is 0. The van der Waals surface area contributed by atoms with Gasteiger partial charge < -0.3 is 9.66 Å². The first kappa shape index (κ1) is 27.7. The molecular formula is C18H37KO4S. The quantitative estimate of drug-likeness (QED) is 0.248. The van der Waals surface area contributed by atoms with Gasteiger partial charge in [-0.05, 0) is 13.3 Å². The van der Waals surface area contributed by atoms with Crippen LogP contribution in [0.1, 0.15) is 104 Å². The first-order valence-corrected chi connectivity index (χ1v) is 11.0. The van der Waals surface area contributed by atoms with Crippen LogP contribution in [0.2, 0.25) is 0 Å². The number of hydrogen-bond acceptors (Lipinski definition) is 4. The Hall–Kier alpha value is 1.51. The van der Waals surface area contributed by atoms with Gasteiger partial charge in [0.2, 0.25) is 0 Å². The van der Waals surface area contributed by atoms with Crippen molar-refractivity contribution in [3.8, 4) is 0 Å². The average molecular weight is 389 g/mol. The van der Waals surface area contributed by atoms with Gasteiger partial charge in [-0.15, -0.1) is 0 Å². The molecule has 0 rings (SSSR count). The SMILES string of the molecule is CCCCCCCCCCCCCCCC(C(C)O)S(=O)(=O)[O-].[K+]. The van der Waals surface area contributed by atoms with Gasteiger partial charge in [0.1, 0.15) is 10.1 Å². The second-order valence-corrected chi connectivity index (χ2v) is 8.39. The first-order valence-electron chi connectivity index (χ1n) is 9.52. The normalized spacial score (nSPS) is 14.2. The van der Waals surface area contributed by atoms with Crippen LogP contribution in [0.25, 0.3) is 0 Å². The van der Waals surface area contributed by atoms with E-state index in [1.807, 2.05) is 0 Å². The summed E-state index contributed by atoms with van der Waals surface area (Å²) >= 11 is 0. The fourth-order valence-electron chi connectivity index (χ4n) is 2.99. The van der Waals surface area contributed by atoms with Gasteiger partial charge in [-0.25, -0.2) is 8.42 Å². The van der Waals surface area contributed by atoms with Crippen molar-refractivity contribution in [1.29, 1.82) is 0 Å². The zero-order chi connectivity index (χ0) is 17.6. The van der Waals surface area contributed by atoms with E-state index in [2.05, 4.69) is 6.92 Å². The minimum Gasteiger partial charge on any atom is -0.748 e. The van der Waals surface area contributed by atoms with Crippen molar-refractivity contribution >= 4 is 10.1 Å². The molecule has 0 radical (unpaired) electrons. The van der Waals surface area contributed by atoms with Gasteiger partial charge in [0, 0.05) is 0 Å². The summed E-state index contributed by atoms with van der Waals surface area (Å²) in [6.45, 7) is 3.62. The van der Waals surface area contributed by atoms with Crippen molar-refractivity contribution in [2.45, 2.75) is 115 Å². The molecular weight excluding hydrogens is 351 g/mol. The number of rotatable bonds is 16. The third-order valence-electron chi connectivity index (χ3n) is 4.50. The third kappa shape index (κ3) is 16.9. The largest absolute Gasteiger partial charge is 1.00 e. The van der Waals surface area contributed by atoms with Gasteiger partial charge in [0.15, 0.2) is 0 Å². The fraction of sp³-hybridized carbons (Fsp3) is 1.00. The second-order valence-electron chi connectivity index (χ2n) is 6.80. The second kappa shape index (κ2) is 17.9. The van der Waals surface area contributed by atoms with Gasteiger partial charge in [0.25, 0.3) is 0 Å². The molecule has 4 nitrogen and oxygen atoms in total. The predicted molar refractivity (Wildman–Crippen MR) is 95.5 cm³/mol. The van der Waals surface area contributed by atoms with E-state index in [1.54, 1.807) is 0 Å². The summed E-state index contributed by atoms with van der Waals surface area (Å²) in [5.74, 6) is 0. The van der Waals surface area contributed by atoms with Crippen molar-refractivity contribution in [2.24, 2.45) is 0 Å². The Kier molecular flexibility index (Phi) is 20.7. The topological polar surface area (TPSA) is 77.4 Å². The van der Waals surface area contributed by atoms with E-state index < -0.39 is 21.5 Å². The molecule has 0 aliphatic rings. The van der Waals surface area contributed by atoms with Gasteiger partial charge in [-0.1, -0.05) is 90.4 Å². The minimum absolute atomic E-state index is 0. The Labute approximate surface area is 192 Å². The van der Waals surface area contributed by atoms with Crippen LogP contribution in [0.5, 0.6) is 0 Å². The van der Waals surface area contributed by atoms with Crippen LogP contribution < -0.4 is 51.4 Å². The third-order valence-corrected chi connectivity index (χ3v) is 5.87. The number of aliphatic hydroxyl groups excluding tert-OH is 1. The molecule has 0 aliphatic carbocycles. The van der Waals surface area contributed by atoms with E-state index in [1.165, 1.54) is 71.1 Å². The van der Waals surface area contributed by atoms with Crippen molar-refractivity contribution in [2.75, 3.05) is 0 Å². The molecule has 2 unspecified atom stereocenters. The maximum Gasteiger partial charge on any atom is 1.00 e. The van der Waals surface area contributed by atoms with Gasteiger partial charge in [-0.3, -0.25) is 0 Å². The Morgan fingerprint density at radius 1 is 0.792 bits per heavy atom. The average Bonchev–Trinajstić information content (AvgIpc) is 2.46. The molecule has 0 saturated carbocycles. The maximum absolute atomic E-state index is 11.0. The van der Waals surface area contributed by atoms with E-state index in [9.17, 15) is 18.1 Å².